The molecule has 1 aliphatic rings. The van der Waals surface area contributed by atoms with E-state index >= 15 is 0 Å². The highest BCUT2D eigenvalue weighted by Gasteiger charge is 2.11. The van der Waals surface area contributed by atoms with E-state index in [4.69, 9.17) is 9.40 Å². The molecule has 1 aliphatic heterocycles. The van der Waals surface area contributed by atoms with Gasteiger partial charge in [0.05, 0.1) is 18.2 Å². The molecule has 0 radical (unpaired) electrons. The summed E-state index contributed by atoms with van der Waals surface area (Å²) in [4.78, 5) is 8.93. The van der Waals surface area contributed by atoms with E-state index in [1.165, 1.54) is 18.7 Å². The van der Waals surface area contributed by atoms with Crippen LogP contribution in [0.1, 0.15) is 29.9 Å². The first kappa shape index (κ1) is 14.7. The fourth-order valence-corrected chi connectivity index (χ4v) is 2.70. The molecular formula is C16H23N5O. The summed E-state index contributed by atoms with van der Waals surface area (Å²) in [7, 11) is 1.78. The van der Waals surface area contributed by atoms with Crippen LogP contribution in [-0.4, -0.2) is 29.1 Å². The van der Waals surface area contributed by atoms with E-state index in [-0.39, 0.29) is 0 Å². The maximum absolute atomic E-state index is 5.05. The number of aryl methyl sites for hydroxylation is 2. The molecular weight excluding hydrogens is 278 g/mol. The molecule has 2 N–H and O–H groups in total. The van der Waals surface area contributed by atoms with Gasteiger partial charge in [0.15, 0.2) is 5.96 Å². The molecule has 0 atom stereocenters. The summed E-state index contributed by atoms with van der Waals surface area (Å²) in [6.07, 6.45) is 10.2. The number of rotatable bonds is 5. The van der Waals surface area contributed by atoms with Crippen molar-refractivity contribution in [2.45, 2.75) is 38.8 Å². The Hall–Kier alpha value is -2.24. The van der Waals surface area contributed by atoms with E-state index in [0.29, 0.717) is 6.54 Å². The summed E-state index contributed by atoms with van der Waals surface area (Å²) >= 11 is 0. The van der Waals surface area contributed by atoms with Gasteiger partial charge < -0.3 is 19.6 Å². The summed E-state index contributed by atoms with van der Waals surface area (Å²) in [5.74, 6) is 2.04. The van der Waals surface area contributed by atoms with Gasteiger partial charge in [-0.2, -0.15) is 0 Å². The lowest BCUT2D eigenvalue weighted by atomic mass is 10.2. The fourth-order valence-electron chi connectivity index (χ4n) is 2.70. The minimum Gasteiger partial charge on any atom is -0.472 e. The minimum absolute atomic E-state index is 0.703. The number of nitrogens with one attached hydrogen (secondary N) is 2. The lowest BCUT2D eigenvalue weighted by Gasteiger charge is -2.11. The molecule has 6 heteroatoms. The van der Waals surface area contributed by atoms with Crippen molar-refractivity contribution in [2.75, 3.05) is 13.6 Å². The van der Waals surface area contributed by atoms with E-state index in [1.54, 1.807) is 19.6 Å². The molecule has 0 aliphatic carbocycles. The summed E-state index contributed by atoms with van der Waals surface area (Å²) in [5.41, 5.74) is 2.26. The predicted octanol–water partition coefficient (Wildman–Crippen LogP) is 1.72. The predicted molar refractivity (Wildman–Crippen MR) is 85.8 cm³/mol. The lowest BCUT2D eigenvalue weighted by Crippen LogP contribution is -2.37. The van der Waals surface area contributed by atoms with Crippen molar-refractivity contribution < 1.29 is 4.42 Å². The number of nitrogens with zero attached hydrogens (tertiary/aromatic N) is 3. The molecule has 2 aromatic heterocycles. The van der Waals surface area contributed by atoms with Gasteiger partial charge in [-0.05, 0) is 18.9 Å². The molecule has 0 amide bonds. The topological polar surface area (TPSA) is 67.4 Å². The van der Waals surface area contributed by atoms with Crippen molar-refractivity contribution in [1.29, 1.82) is 0 Å². The molecule has 3 rings (SSSR count). The monoisotopic (exact) mass is 301 g/mol. The lowest BCUT2D eigenvalue weighted by molar-refractivity contribution is 0.522. The first-order valence-corrected chi connectivity index (χ1v) is 7.85. The number of fused-ring (bicyclic) bond motifs is 1. The molecule has 0 unspecified atom stereocenters. The van der Waals surface area contributed by atoms with Crippen LogP contribution in [0.15, 0.2) is 34.2 Å². The van der Waals surface area contributed by atoms with Crippen molar-refractivity contribution in [2.24, 2.45) is 4.99 Å². The molecule has 0 bridgehead atoms. The number of aliphatic imine (C=N–C) groups is 1. The van der Waals surface area contributed by atoms with Crippen LogP contribution in [0.4, 0.5) is 0 Å². The van der Waals surface area contributed by atoms with Crippen LogP contribution in [0.2, 0.25) is 0 Å². The number of guanidine groups is 1. The number of hydrogen-bond acceptors (Lipinski definition) is 3. The third kappa shape index (κ3) is 3.69. The zero-order chi connectivity index (χ0) is 15.2. The van der Waals surface area contributed by atoms with Crippen molar-refractivity contribution in [3.8, 4) is 0 Å². The Labute approximate surface area is 130 Å². The Balaban J connectivity index is 1.44. The Morgan fingerprint density at radius 3 is 3.14 bits per heavy atom. The number of furan rings is 1. The molecule has 3 heterocycles. The normalized spacial score (nSPS) is 14.7. The van der Waals surface area contributed by atoms with Gasteiger partial charge in [0.2, 0.25) is 0 Å². The number of imidazole rings is 1. The Morgan fingerprint density at radius 1 is 1.41 bits per heavy atom. The van der Waals surface area contributed by atoms with Gasteiger partial charge in [0.25, 0.3) is 0 Å². The van der Waals surface area contributed by atoms with Crippen LogP contribution in [0.3, 0.4) is 0 Å². The summed E-state index contributed by atoms with van der Waals surface area (Å²) in [6.45, 7) is 2.64. The zero-order valence-electron chi connectivity index (χ0n) is 13.0. The molecule has 0 spiro atoms. The second kappa shape index (κ2) is 7.15. The van der Waals surface area contributed by atoms with Crippen LogP contribution in [0, 0.1) is 0 Å². The zero-order valence-corrected chi connectivity index (χ0v) is 13.0. The van der Waals surface area contributed by atoms with E-state index in [9.17, 15) is 0 Å². The quantitative estimate of drug-likeness (QED) is 0.652. The number of aromatic nitrogens is 2. The fraction of sp³-hybridized carbons (Fsp3) is 0.500. The van der Waals surface area contributed by atoms with Crippen LogP contribution in [0.5, 0.6) is 0 Å². The van der Waals surface area contributed by atoms with Gasteiger partial charge in [0.1, 0.15) is 5.82 Å². The van der Waals surface area contributed by atoms with Crippen molar-refractivity contribution in [1.82, 2.24) is 20.2 Å². The smallest absolute Gasteiger partial charge is 0.191 e. The van der Waals surface area contributed by atoms with Crippen LogP contribution in [0.25, 0.3) is 0 Å². The maximum atomic E-state index is 5.05. The highest BCUT2D eigenvalue weighted by molar-refractivity contribution is 5.79. The molecule has 0 saturated heterocycles. The van der Waals surface area contributed by atoms with Crippen molar-refractivity contribution in [3.63, 3.8) is 0 Å². The average Bonchev–Trinajstić information content (AvgIpc) is 3.19. The molecule has 0 aromatic carbocycles. The van der Waals surface area contributed by atoms with Gasteiger partial charge in [-0.15, -0.1) is 0 Å². The summed E-state index contributed by atoms with van der Waals surface area (Å²) < 4.78 is 7.34. The van der Waals surface area contributed by atoms with Gasteiger partial charge in [-0.1, -0.05) is 0 Å². The second-order valence-corrected chi connectivity index (χ2v) is 5.53. The second-order valence-electron chi connectivity index (χ2n) is 5.53. The first-order chi connectivity index (χ1) is 10.8. The van der Waals surface area contributed by atoms with E-state index < -0.39 is 0 Å². The SMILES string of the molecule is CN=C(NCCc1cn2c(n1)CCCC2)NCc1ccoc1. The largest absolute Gasteiger partial charge is 0.472 e. The minimum atomic E-state index is 0.703. The average molecular weight is 301 g/mol. The Morgan fingerprint density at radius 2 is 2.36 bits per heavy atom. The van der Waals surface area contributed by atoms with Crippen molar-refractivity contribution in [3.05, 3.63) is 41.9 Å². The van der Waals surface area contributed by atoms with Crippen molar-refractivity contribution >= 4 is 5.96 Å². The molecule has 6 nitrogen and oxygen atoms in total. The van der Waals surface area contributed by atoms with E-state index in [1.807, 2.05) is 6.07 Å². The van der Waals surface area contributed by atoms with Crippen LogP contribution >= 0.6 is 0 Å². The molecule has 2 aromatic rings. The maximum Gasteiger partial charge on any atom is 0.191 e. The van der Waals surface area contributed by atoms with E-state index in [0.717, 1.165) is 43.1 Å². The number of hydrogen-bond donors (Lipinski definition) is 2. The van der Waals surface area contributed by atoms with Gasteiger partial charge in [-0.3, -0.25) is 4.99 Å². The first-order valence-electron chi connectivity index (χ1n) is 7.85. The molecule has 22 heavy (non-hydrogen) atoms. The van der Waals surface area contributed by atoms with Gasteiger partial charge in [0, 0.05) is 51.3 Å². The van der Waals surface area contributed by atoms with Gasteiger partial charge in [-0.25, -0.2) is 4.98 Å². The summed E-state index contributed by atoms with van der Waals surface area (Å²) in [6, 6.07) is 1.94. The third-order valence-electron chi connectivity index (χ3n) is 3.90. The highest BCUT2D eigenvalue weighted by atomic mass is 16.3. The highest BCUT2D eigenvalue weighted by Crippen LogP contribution is 2.14. The summed E-state index contributed by atoms with van der Waals surface area (Å²) in [5, 5.41) is 6.58. The third-order valence-corrected chi connectivity index (χ3v) is 3.90. The molecule has 0 fully saturated rings. The van der Waals surface area contributed by atoms with Crippen LogP contribution in [-0.2, 0) is 25.9 Å². The van der Waals surface area contributed by atoms with E-state index in [2.05, 4.69) is 26.4 Å². The molecule has 0 saturated carbocycles. The molecule has 118 valence electrons. The van der Waals surface area contributed by atoms with Gasteiger partial charge >= 0.3 is 0 Å². The Bertz CT molecular complexity index is 591. The Kier molecular flexibility index (Phi) is 4.78. The van der Waals surface area contributed by atoms with Crippen LogP contribution < -0.4 is 10.6 Å². The standard InChI is InChI=1S/C16H23N5O/c1-17-16(19-10-13-6-9-22-12-13)18-7-5-14-11-21-8-3-2-4-15(21)20-14/h6,9,11-12H,2-5,7-8,10H2,1H3,(H2,17,18,19).